The summed E-state index contributed by atoms with van der Waals surface area (Å²) in [6.45, 7) is 1.60. The largest absolute Gasteiger partial charge is 0.494 e. The van der Waals surface area contributed by atoms with Crippen molar-refractivity contribution in [3.05, 3.63) is 82.5 Å². The van der Waals surface area contributed by atoms with E-state index >= 15 is 0 Å². The fourth-order valence-corrected chi connectivity index (χ4v) is 3.66. The molecular formula is C25H20Cl2N2O5. The normalized spacial score (nSPS) is 11.6. The number of carbonyl (C=O) groups excluding carboxylic acids is 2. The number of benzene rings is 3. The minimum Gasteiger partial charge on any atom is -0.494 e. The van der Waals surface area contributed by atoms with Gasteiger partial charge in [-0.05, 0) is 49.4 Å². The van der Waals surface area contributed by atoms with E-state index in [1.54, 1.807) is 49.4 Å². The SMILES string of the molecule is COc1cc(NC(=O)[C@H](C)Oc2ccc(Cl)cc2Cl)ccc1NC(=O)c1cc2ccccc2o1. The molecule has 1 atom stereocenters. The monoisotopic (exact) mass is 498 g/mol. The Morgan fingerprint density at radius 1 is 0.941 bits per heavy atom. The molecule has 0 saturated heterocycles. The summed E-state index contributed by atoms with van der Waals surface area (Å²) in [5.74, 6) is 0.0549. The van der Waals surface area contributed by atoms with Crippen LogP contribution < -0.4 is 20.1 Å². The van der Waals surface area contributed by atoms with Gasteiger partial charge in [-0.1, -0.05) is 41.4 Å². The Morgan fingerprint density at radius 3 is 2.47 bits per heavy atom. The molecule has 0 spiro atoms. The zero-order valence-electron chi connectivity index (χ0n) is 18.2. The molecule has 1 aromatic heterocycles. The molecule has 0 aliphatic rings. The van der Waals surface area contributed by atoms with Crippen molar-refractivity contribution < 1.29 is 23.5 Å². The minimum atomic E-state index is -0.836. The number of nitrogens with one attached hydrogen (secondary N) is 2. The molecule has 0 bridgehead atoms. The third-order valence-electron chi connectivity index (χ3n) is 4.93. The summed E-state index contributed by atoms with van der Waals surface area (Å²) in [5, 5.41) is 7.12. The Hall–Kier alpha value is -3.68. The Kier molecular flexibility index (Phi) is 6.95. The highest BCUT2D eigenvalue weighted by molar-refractivity contribution is 6.35. The van der Waals surface area contributed by atoms with E-state index in [-0.39, 0.29) is 5.76 Å². The average Bonchev–Trinajstić information content (AvgIpc) is 3.26. The van der Waals surface area contributed by atoms with Crippen LogP contribution in [0, 0.1) is 0 Å². The molecule has 34 heavy (non-hydrogen) atoms. The summed E-state index contributed by atoms with van der Waals surface area (Å²) in [4.78, 5) is 25.3. The van der Waals surface area contributed by atoms with Crippen LogP contribution >= 0.6 is 23.2 Å². The molecule has 4 aromatic rings. The molecule has 174 valence electrons. The number of hydrogen-bond donors (Lipinski definition) is 2. The summed E-state index contributed by atoms with van der Waals surface area (Å²) in [6.07, 6.45) is -0.836. The molecule has 0 aliphatic carbocycles. The lowest BCUT2D eigenvalue weighted by Crippen LogP contribution is -2.30. The quantitative estimate of drug-likeness (QED) is 0.307. The number of rotatable bonds is 7. The lowest BCUT2D eigenvalue weighted by molar-refractivity contribution is -0.122. The number of carbonyl (C=O) groups is 2. The number of methoxy groups -OCH3 is 1. The topological polar surface area (TPSA) is 89.8 Å². The van der Waals surface area contributed by atoms with Crippen molar-refractivity contribution in [1.29, 1.82) is 0 Å². The van der Waals surface area contributed by atoms with Crippen LogP contribution in [-0.2, 0) is 4.79 Å². The lowest BCUT2D eigenvalue weighted by atomic mass is 10.2. The highest BCUT2D eigenvalue weighted by atomic mass is 35.5. The molecule has 0 radical (unpaired) electrons. The zero-order valence-corrected chi connectivity index (χ0v) is 19.7. The first-order chi connectivity index (χ1) is 16.3. The molecule has 2 amide bonds. The second-order valence-corrected chi connectivity index (χ2v) is 8.19. The van der Waals surface area contributed by atoms with E-state index in [0.29, 0.717) is 38.5 Å². The van der Waals surface area contributed by atoms with Crippen molar-refractivity contribution in [3.8, 4) is 11.5 Å². The van der Waals surface area contributed by atoms with E-state index in [2.05, 4.69) is 10.6 Å². The number of para-hydroxylation sites is 1. The number of furan rings is 1. The van der Waals surface area contributed by atoms with Crippen molar-refractivity contribution in [2.45, 2.75) is 13.0 Å². The third kappa shape index (κ3) is 5.27. The first-order valence-electron chi connectivity index (χ1n) is 10.2. The van der Waals surface area contributed by atoms with Gasteiger partial charge in [-0.15, -0.1) is 0 Å². The van der Waals surface area contributed by atoms with Crippen LogP contribution in [0.1, 0.15) is 17.5 Å². The van der Waals surface area contributed by atoms with Gasteiger partial charge in [0.25, 0.3) is 11.8 Å². The summed E-state index contributed by atoms with van der Waals surface area (Å²) in [5.41, 5.74) is 1.50. The molecule has 9 heteroatoms. The van der Waals surface area contributed by atoms with E-state index in [9.17, 15) is 9.59 Å². The Bertz CT molecular complexity index is 1340. The second kappa shape index (κ2) is 10.1. The van der Waals surface area contributed by atoms with Crippen LogP contribution in [0.4, 0.5) is 11.4 Å². The Balaban J connectivity index is 1.43. The highest BCUT2D eigenvalue weighted by Crippen LogP contribution is 2.30. The van der Waals surface area contributed by atoms with Crippen LogP contribution in [0.3, 0.4) is 0 Å². The Labute approximate surface area is 205 Å². The van der Waals surface area contributed by atoms with E-state index in [0.717, 1.165) is 5.39 Å². The highest BCUT2D eigenvalue weighted by Gasteiger charge is 2.19. The van der Waals surface area contributed by atoms with Gasteiger partial charge in [0.15, 0.2) is 11.9 Å². The average molecular weight is 499 g/mol. The van der Waals surface area contributed by atoms with Gasteiger partial charge in [0.2, 0.25) is 0 Å². The minimum absolute atomic E-state index is 0.174. The van der Waals surface area contributed by atoms with Crippen molar-refractivity contribution in [2.75, 3.05) is 17.7 Å². The summed E-state index contributed by atoms with van der Waals surface area (Å²) in [7, 11) is 1.46. The molecule has 4 rings (SSSR count). The molecule has 3 aromatic carbocycles. The van der Waals surface area contributed by atoms with E-state index in [4.69, 9.17) is 37.1 Å². The lowest BCUT2D eigenvalue weighted by Gasteiger charge is -2.17. The molecule has 0 aliphatic heterocycles. The predicted molar refractivity (Wildman–Crippen MR) is 132 cm³/mol. The maximum Gasteiger partial charge on any atom is 0.291 e. The first kappa shape index (κ1) is 23.5. The number of anilines is 2. The van der Waals surface area contributed by atoms with Gasteiger partial charge in [-0.25, -0.2) is 0 Å². The van der Waals surface area contributed by atoms with Crippen molar-refractivity contribution >= 4 is 57.4 Å². The molecular weight excluding hydrogens is 479 g/mol. The number of amides is 2. The number of ether oxygens (including phenoxy) is 2. The maximum atomic E-state index is 12.7. The molecule has 0 saturated carbocycles. The second-order valence-electron chi connectivity index (χ2n) is 7.34. The summed E-state index contributed by atoms with van der Waals surface area (Å²) < 4.78 is 16.6. The fraction of sp³-hybridized carbons (Fsp3) is 0.120. The van der Waals surface area contributed by atoms with Gasteiger partial charge in [-0.3, -0.25) is 9.59 Å². The Morgan fingerprint density at radius 2 is 1.74 bits per heavy atom. The van der Waals surface area contributed by atoms with Crippen molar-refractivity contribution in [2.24, 2.45) is 0 Å². The smallest absolute Gasteiger partial charge is 0.291 e. The van der Waals surface area contributed by atoms with E-state index in [1.165, 1.54) is 13.2 Å². The van der Waals surface area contributed by atoms with Crippen LogP contribution in [0.5, 0.6) is 11.5 Å². The molecule has 0 unspecified atom stereocenters. The summed E-state index contributed by atoms with van der Waals surface area (Å²) >= 11 is 12.0. The van der Waals surface area contributed by atoms with Crippen LogP contribution in [0.2, 0.25) is 10.0 Å². The number of halogens is 2. The van der Waals surface area contributed by atoms with Crippen molar-refractivity contribution in [3.63, 3.8) is 0 Å². The van der Waals surface area contributed by atoms with Gasteiger partial charge >= 0.3 is 0 Å². The maximum absolute atomic E-state index is 12.7. The fourth-order valence-electron chi connectivity index (χ4n) is 3.21. The third-order valence-corrected chi connectivity index (χ3v) is 5.46. The van der Waals surface area contributed by atoms with Gasteiger partial charge in [0.05, 0.1) is 17.8 Å². The number of hydrogen-bond acceptors (Lipinski definition) is 5. The van der Waals surface area contributed by atoms with Gasteiger partial charge in [0.1, 0.15) is 17.1 Å². The molecule has 7 nitrogen and oxygen atoms in total. The van der Waals surface area contributed by atoms with Crippen LogP contribution in [0.15, 0.2) is 71.1 Å². The first-order valence-corrected chi connectivity index (χ1v) is 11.0. The molecule has 1 heterocycles. The van der Waals surface area contributed by atoms with E-state index < -0.39 is 17.9 Å². The summed E-state index contributed by atoms with van der Waals surface area (Å²) in [6, 6.07) is 18.6. The standard InChI is InChI=1S/C25H20Cl2N2O5/c1-14(33-21-10-7-16(26)12-18(21)27)24(30)28-17-8-9-19(22(13-17)32-2)29-25(31)23-11-15-5-3-4-6-20(15)34-23/h3-14H,1-2H3,(H,28,30)(H,29,31)/t14-/m0/s1. The van der Waals surface area contributed by atoms with Gasteiger partial charge in [0, 0.05) is 22.2 Å². The molecule has 0 fully saturated rings. The van der Waals surface area contributed by atoms with Gasteiger partial charge < -0.3 is 24.5 Å². The predicted octanol–water partition coefficient (Wildman–Crippen LogP) is 6.41. The van der Waals surface area contributed by atoms with E-state index in [1.807, 2.05) is 18.2 Å². The number of fused-ring (bicyclic) bond motifs is 1. The van der Waals surface area contributed by atoms with Gasteiger partial charge in [-0.2, -0.15) is 0 Å². The molecule has 2 N–H and O–H groups in total. The van der Waals surface area contributed by atoms with Crippen molar-refractivity contribution in [1.82, 2.24) is 0 Å². The van der Waals surface area contributed by atoms with Crippen LogP contribution in [-0.4, -0.2) is 25.0 Å². The zero-order chi connectivity index (χ0) is 24.2. The van der Waals surface area contributed by atoms with Crippen LogP contribution in [0.25, 0.3) is 11.0 Å².